The van der Waals surface area contributed by atoms with Gasteiger partial charge in [-0.3, -0.25) is 4.79 Å². The van der Waals surface area contributed by atoms with Gasteiger partial charge in [0.15, 0.2) is 0 Å². The first kappa shape index (κ1) is 24.1. The van der Waals surface area contributed by atoms with E-state index < -0.39 is 0 Å². The first-order valence-electron chi connectivity index (χ1n) is 13.8. The van der Waals surface area contributed by atoms with Crippen molar-refractivity contribution < 1.29 is 9.53 Å². The molecule has 6 rings (SSSR count). The van der Waals surface area contributed by atoms with Crippen LogP contribution in [0.15, 0.2) is 36.8 Å². The third-order valence-corrected chi connectivity index (χ3v) is 8.11. The summed E-state index contributed by atoms with van der Waals surface area (Å²) < 4.78 is 7.20. The Hall–Kier alpha value is -3.26. The number of carbonyl (C=O) groups is 1. The number of pyridine rings is 1. The topological polar surface area (TPSA) is 93.4 Å². The average Bonchev–Trinajstić information content (AvgIpc) is 3.23. The summed E-state index contributed by atoms with van der Waals surface area (Å²) >= 11 is 0. The van der Waals surface area contributed by atoms with Gasteiger partial charge in [0.1, 0.15) is 0 Å². The molecule has 8 nitrogen and oxygen atoms in total. The Labute approximate surface area is 217 Å². The number of anilines is 1. The van der Waals surface area contributed by atoms with Crippen molar-refractivity contribution in [3.63, 3.8) is 0 Å². The summed E-state index contributed by atoms with van der Waals surface area (Å²) in [6.07, 6.45) is 17.4. The first-order chi connectivity index (χ1) is 18.1. The molecule has 1 saturated carbocycles. The molecule has 2 aliphatic carbocycles. The van der Waals surface area contributed by atoms with Gasteiger partial charge in [0, 0.05) is 43.3 Å². The van der Waals surface area contributed by atoms with E-state index in [4.69, 9.17) is 14.7 Å². The van der Waals surface area contributed by atoms with Gasteiger partial charge in [-0.15, -0.1) is 0 Å². The number of nitrogens with zero attached hydrogens (tertiary/aromatic N) is 4. The molecule has 194 valence electrons. The number of hydrogen-bond acceptors (Lipinski definition) is 6. The van der Waals surface area contributed by atoms with Gasteiger partial charge < -0.3 is 15.4 Å². The molecule has 1 saturated heterocycles. The van der Waals surface area contributed by atoms with E-state index in [1.807, 2.05) is 12.4 Å². The van der Waals surface area contributed by atoms with Crippen LogP contribution in [0.4, 0.5) is 5.95 Å². The fourth-order valence-electron chi connectivity index (χ4n) is 5.82. The number of rotatable bonds is 5. The van der Waals surface area contributed by atoms with Crippen LogP contribution in [0.25, 0.3) is 11.1 Å². The van der Waals surface area contributed by atoms with Crippen LogP contribution < -0.4 is 10.6 Å². The highest BCUT2D eigenvalue weighted by Crippen LogP contribution is 2.32. The van der Waals surface area contributed by atoms with Crippen molar-refractivity contribution in [2.75, 3.05) is 18.5 Å². The molecule has 2 fully saturated rings. The maximum atomic E-state index is 13.1. The highest BCUT2D eigenvalue weighted by Gasteiger charge is 2.23. The second-order valence-corrected chi connectivity index (χ2v) is 10.8. The molecule has 2 N–H and O–H groups in total. The van der Waals surface area contributed by atoms with Crippen LogP contribution in [0.2, 0.25) is 0 Å². The zero-order chi connectivity index (χ0) is 25.2. The number of allylic oxidation sites excluding steroid dienone is 1. The molecule has 0 aromatic carbocycles. The number of ether oxygens (including phenoxy) is 1. The van der Waals surface area contributed by atoms with E-state index in [-0.39, 0.29) is 11.9 Å². The molecule has 0 bridgehead atoms. The number of carbonyl (C=O) groups excluding carboxylic acids is 1. The average molecular weight is 501 g/mol. The highest BCUT2D eigenvalue weighted by atomic mass is 16.5. The minimum Gasteiger partial charge on any atom is -0.381 e. The van der Waals surface area contributed by atoms with Crippen molar-refractivity contribution in [2.45, 2.75) is 76.8 Å². The smallest absolute Gasteiger partial charge is 0.255 e. The Morgan fingerprint density at radius 2 is 1.92 bits per heavy atom. The zero-order valence-electron chi connectivity index (χ0n) is 21.6. The minimum atomic E-state index is -0.0783. The predicted molar refractivity (Wildman–Crippen MR) is 144 cm³/mol. The second-order valence-electron chi connectivity index (χ2n) is 10.8. The van der Waals surface area contributed by atoms with Gasteiger partial charge in [-0.25, -0.2) is 14.5 Å². The molecule has 37 heavy (non-hydrogen) atoms. The summed E-state index contributed by atoms with van der Waals surface area (Å²) in [7, 11) is 0. The van der Waals surface area contributed by atoms with Gasteiger partial charge in [0.05, 0.1) is 23.0 Å². The number of nitrogens with one attached hydrogen (secondary N) is 2. The molecule has 1 amide bonds. The van der Waals surface area contributed by atoms with E-state index in [1.165, 1.54) is 25.7 Å². The molecule has 3 aromatic rings. The van der Waals surface area contributed by atoms with Crippen molar-refractivity contribution in [2.24, 2.45) is 5.92 Å². The molecule has 1 aliphatic heterocycles. The predicted octanol–water partition coefficient (Wildman–Crippen LogP) is 4.79. The van der Waals surface area contributed by atoms with Crippen LogP contribution in [0.1, 0.15) is 85.5 Å². The van der Waals surface area contributed by atoms with Crippen LogP contribution in [0.5, 0.6) is 0 Å². The lowest BCUT2D eigenvalue weighted by atomic mass is 9.87. The molecule has 0 unspecified atom stereocenters. The third kappa shape index (κ3) is 5.25. The van der Waals surface area contributed by atoms with Crippen LogP contribution in [-0.2, 0) is 11.2 Å². The van der Waals surface area contributed by atoms with E-state index in [2.05, 4.69) is 40.9 Å². The van der Waals surface area contributed by atoms with E-state index in [9.17, 15) is 4.79 Å². The van der Waals surface area contributed by atoms with Crippen molar-refractivity contribution in [3.05, 3.63) is 59.2 Å². The van der Waals surface area contributed by atoms with Gasteiger partial charge in [0.25, 0.3) is 5.91 Å². The number of hydrogen-bond donors (Lipinski definition) is 2. The van der Waals surface area contributed by atoms with Crippen molar-refractivity contribution in [1.82, 2.24) is 24.9 Å². The molecule has 8 heteroatoms. The summed E-state index contributed by atoms with van der Waals surface area (Å²) in [6, 6.07) is 4.75. The molecule has 3 aliphatic rings. The second kappa shape index (κ2) is 10.6. The summed E-state index contributed by atoms with van der Waals surface area (Å²) in [5, 5.41) is 11.2. The van der Waals surface area contributed by atoms with Crippen LogP contribution in [-0.4, -0.2) is 50.8 Å². The summed E-state index contributed by atoms with van der Waals surface area (Å²) in [5.41, 5.74) is 5.76. The molecular weight excluding hydrogens is 464 g/mol. The summed E-state index contributed by atoms with van der Waals surface area (Å²) in [4.78, 5) is 22.8. The van der Waals surface area contributed by atoms with Crippen LogP contribution in [0, 0.1) is 5.92 Å². The lowest BCUT2D eigenvalue weighted by Crippen LogP contribution is -2.38. The number of aryl methyl sites for hydroxylation is 1. The molecule has 0 atom stereocenters. The van der Waals surface area contributed by atoms with E-state index in [0.717, 1.165) is 71.9 Å². The Kier molecular flexibility index (Phi) is 6.91. The van der Waals surface area contributed by atoms with Gasteiger partial charge >= 0.3 is 0 Å². The minimum absolute atomic E-state index is 0.0783. The SMILES string of the molecule is CC1CCC(Nc2ncc3c(n2)CCCC=C3c2ccn3ncc(C(=O)NC4CCOCC4)c3c2)CC1. The summed E-state index contributed by atoms with van der Waals surface area (Å²) in [5.74, 6) is 1.49. The fourth-order valence-corrected chi connectivity index (χ4v) is 5.82. The Morgan fingerprint density at radius 3 is 2.76 bits per heavy atom. The maximum Gasteiger partial charge on any atom is 0.255 e. The van der Waals surface area contributed by atoms with Crippen LogP contribution in [0.3, 0.4) is 0 Å². The Bertz CT molecular complexity index is 1300. The largest absolute Gasteiger partial charge is 0.381 e. The van der Waals surface area contributed by atoms with Gasteiger partial charge in [-0.2, -0.15) is 5.10 Å². The molecule has 0 radical (unpaired) electrons. The monoisotopic (exact) mass is 500 g/mol. The summed E-state index contributed by atoms with van der Waals surface area (Å²) in [6.45, 7) is 3.72. The van der Waals surface area contributed by atoms with Crippen molar-refractivity contribution in [1.29, 1.82) is 0 Å². The van der Waals surface area contributed by atoms with E-state index >= 15 is 0 Å². The number of amides is 1. The first-order valence-corrected chi connectivity index (χ1v) is 13.8. The van der Waals surface area contributed by atoms with Crippen molar-refractivity contribution in [3.8, 4) is 0 Å². The molecule has 4 heterocycles. The molecule has 3 aromatic heterocycles. The lowest BCUT2D eigenvalue weighted by Gasteiger charge is -2.27. The fraction of sp³-hybridized carbons (Fsp3) is 0.517. The van der Waals surface area contributed by atoms with Crippen LogP contribution >= 0.6 is 0 Å². The van der Waals surface area contributed by atoms with Gasteiger partial charge in [-0.05, 0) is 87.0 Å². The maximum absolute atomic E-state index is 13.1. The standard InChI is InChI=1S/C29H36N6O2/c1-19-6-8-21(9-7-19)33-29-30-17-24-23(4-2-3-5-26(24)34-29)20-10-13-35-27(16-20)25(18-31-35)28(36)32-22-11-14-37-15-12-22/h4,10,13,16-19,21-22H,2-3,5-9,11-12,14-15H2,1H3,(H,32,36)(H,30,33,34). The van der Waals surface area contributed by atoms with E-state index in [1.54, 1.807) is 10.7 Å². The Morgan fingerprint density at radius 1 is 1.08 bits per heavy atom. The normalized spacial score (nSPS) is 22.7. The highest BCUT2D eigenvalue weighted by molar-refractivity contribution is 6.01. The third-order valence-electron chi connectivity index (χ3n) is 8.11. The molecular formula is C29H36N6O2. The number of fused-ring (bicyclic) bond motifs is 2. The Balaban J connectivity index is 1.26. The van der Waals surface area contributed by atoms with Gasteiger partial charge in [0.2, 0.25) is 5.95 Å². The van der Waals surface area contributed by atoms with Crippen molar-refractivity contribution >= 4 is 22.9 Å². The lowest BCUT2D eigenvalue weighted by molar-refractivity contribution is 0.0697. The zero-order valence-corrected chi connectivity index (χ0v) is 21.6. The molecule has 0 spiro atoms. The number of aromatic nitrogens is 4. The van der Waals surface area contributed by atoms with E-state index in [0.29, 0.717) is 24.8 Å². The van der Waals surface area contributed by atoms with Gasteiger partial charge in [-0.1, -0.05) is 13.0 Å². The quantitative estimate of drug-likeness (QED) is 0.523.